The molecule has 0 aromatic heterocycles. The Morgan fingerprint density at radius 3 is 3.06 bits per heavy atom. The molecule has 1 aromatic carbocycles. The van der Waals surface area contributed by atoms with Crippen molar-refractivity contribution in [1.82, 2.24) is 0 Å². The number of carbonyl (C=O) groups is 2. The van der Waals surface area contributed by atoms with Crippen molar-refractivity contribution in [2.24, 2.45) is 5.11 Å². The molecule has 0 bridgehead atoms. The number of hydrogen-bond donors (Lipinski definition) is 0. The summed E-state index contributed by atoms with van der Waals surface area (Å²) in [5, 5.41) is 3.33. The second kappa shape index (κ2) is 4.89. The number of carbonyl (C=O) groups excluding carboxylic acids is 2. The van der Waals surface area contributed by atoms with Crippen molar-refractivity contribution in [3.8, 4) is 0 Å². The van der Waals surface area contributed by atoms with Crippen LogP contribution in [0.3, 0.4) is 0 Å². The monoisotopic (exact) mass is 244 g/mol. The normalized spacial score (nSPS) is 13.2. The minimum atomic E-state index is -0.0767. The van der Waals surface area contributed by atoms with E-state index in [2.05, 4.69) is 10.0 Å². The van der Waals surface area contributed by atoms with Crippen LogP contribution < -0.4 is 4.90 Å². The summed E-state index contributed by atoms with van der Waals surface area (Å²) < 4.78 is 0. The highest BCUT2D eigenvalue weighted by Gasteiger charge is 2.24. The largest absolute Gasteiger partial charge is 0.315 e. The second-order valence-corrected chi connectivity index (χ2v) is 4.10. The van der Waals surface area contributed by atoms with Crippen molar-refractivity contribution in [2.75, 3.05) is 18.5 Å². The number of anilines is 1. The molecule has 6 nitrogen and oxygen atoms in total. The van der Waals surface area contributed by atoms with Crippen LogP contribution in [0.4, 0.5) is 5.69 Å². The van der Waals surface area contributed by atoms with E-state index in [-0.39, 0.29) is 24.7 Å². The van der Waals surface area contributed by atoms with Crippen LogP contribution in [0.15, 0.2) is 23.3 Å². The van der Waals surface area contributed by atoms with Gasteiger partial charge in [-0.1, -0.05) is 5.11 Å². The van der Waals surface area contributed by atoms with E-state index in [1.54, 1.807) is 30.1 Å². The number of nitrogens with zero attached hydrogens (tertiary/aromatic N) is 4. The number of Topliss-reactive ketones (excluding diaryl/α,β-unsaturated/α-hetero) is 1. The standard InChI is InChI=1S/C12H12N4O2/c1-16-10-3-2-8(6-9(10)7-12(16)18)11(17)4-5-14-15-13/h2-3,6H,4-5,7H2,1H3. The maximum atomic E-state index is 11.8. The highest BCUT2D eigenvalue weighted by molar-refractivity contribution is 6.03. The lowest BCUT2D eigenvalue weighted by Crippen LogP contribution is -2.20. The Hall–Kier alpha value is -2.33. The molecule has 92 valence electrons. The third-order valence-electron chi connectivity index (χ3n) is 2.98. The van der Waals surface area contributed by atoms with Gasteiger partial charge in [0.05, 0.1) is 6.42 Å². The van der Waals surface area contributed by atoms with Crippen molar-refractivity contribution < 1.29 is 9.59 Å². The predicted molar refractivity (Wildman–Crippen MR) is 66.5 cm³/mol. The number of fused-ring (bicyclic) bond motifs is 1. The summed E-state index contributed by atoms with van der Waals surface area (Å²) in [4.78, 5) is 27.5. The smallest absolute Gasteiger partial charge is 0.231 e. The van der Waals surface area contributed by atoms with E-state index in [0.717, 1.165) is 11.3 Å². The molecule has 0 fully saturated rings. The molecule has 1 heterocycles. The molecule has 1 amide bonds. The molecule has 0 aliphatic carbocycles. The van der Waals surface area contributed by atoms with Gasteiger partial charge in [0.2, 0.25) is 5.91 Å². The van der Waals surface area contributed by atoms with E-state index < -0.39 is 0 Å². The number of amides is 1. The first-order chi connectivity index (χ1) is 8.63. The van der Waals surface area contributed by atoms with Gasteiger partial charge in [0.25, 0.3) is 0 Å². The minimum absolute atomic E-state index is 0.0312. The molecule has 2 rings (SSSR count). The number of rotatable bonds is 4. The summed E-state index contributed by atoms with van der Waals surface area (Å²) in [7, 11) is 1.72. The van der Waals surface area contributed by atoms with Crippen LogP contribution in [0.2, 0.25) is 0 Å². The van der Waals surface area contributed by atoms with Crippen LogP contribution in [-0.4, -0.2) is 25.3 Å². The first-order valence-electron chi connectivity index (χ1n) is 5.57. The molecule has 18 heavy (non-hydrogen) atoms. The Labute approximate surface area is 104 Å². The predicted octanol–water partition coefficient (Wildman–Crippen LogP) is 2.09. The maximum absolute atomic E-state index is 11.8. The molecular formula is C12H12N4O2. The van der Waals surface area contributed by atoms with Crippen LogP contribution in [0, 0.1) is 0 Å². The quantitative estimate of drug-likeness (QED) is 0.351. The van der Waals surface area contributed by atoms with Crippen molar-refractivity contribution in [3.05, 3.63) is 39.8 Å². The van der Waals surface area contributed by atoms with E-state index in [4.69, 9.17) is 5.53 Å². The molecule has 1 aliphatic heterocycles. The zero-order valence-electron chi connectivity index (χ0n) is 9.96. The minimum Gasteiger partial charge on any atom is -0.315 e. The van der Waals surface area contributed by atoms with E-state index in [1.165, 1.54) is 0 Å². The van der Waals surface area contributed by atoms with Crippen LogP contribution in [0.5, 0.6) is 0 Å². The topological polar surface area (TPSA) is 86.1 Å². The zero-order valence-corrected chi connectivity index (χ0v) is 9.96. The summed E-state index contributed by atoms with van der Waals surface area (Å²) in [6.07, 6.45) is 0.524. The fourth-order valence-electron chi connectivity index (χ4n) is 1.98. The van der Waals surface area contributed by atoms with Crippen molar-refractivity contribution in [2.45, 2.75) is 12.8 Å². The lowest BCUT2D eigenvalue weighted by Gasteiger charge is -2.10. The van der Waals surface area contributed by atoms with E-state index in [1.807, 2.05) is 0 Å². The lowest BCUT2D eigenvalue weighted by atomic mass is 10.0. The van der Waals surface area contributed by atoms with Gasteiger partial charge >= 0.3 is 0 Å². The molecule has 1 aliphatic rings. The fraction of sp³-hybridized carbons (Fsp3) is 0.333. The molecular weight excluding hydrogens is 232 g/mol. The molecule has 0 saturated carbocycles. The Morgan fingerprint density at radius 1 is 1.56 bits per heavy atom. The van der Waals surface area contributed by atoms with E-state index >= 15 is 0 Å². The molecule has 0 saturated heterocycles. The van der Waals surface area contributed by atoms with Crippen molar-refractivity contribution >= 4 is 17.4 Å². The Kier molecular flexibility index (Phi) is 3.30. The van der Waals surface area contributed by atoms with Crippen molar-refractivity contribution in [1.29, 1.82) is 0 Å². The number of benzene rings is 1. The lowest BCUT2D eigenvalue weighted by molar-refractivity contribution is -0.117. The van der Waals surface area contributed by atoms with Crippen LogP contribution in [0.25, 0.3) is 10.4 Å². The first kappa shape index (κ1) is 12.1. The second-order valence-electron chi connectivity index (χ2n) is 4.10. The zero-order chi connectivity index (χ0) is 13.1. The SMILES string of the molecule is CN1C(=O)Cc2cc(C(=O)CCN=[N+]=[N-])ccc21. The molecule has 0 N–H and O–H groups in total. The molecule has 0 atom stereocenters. The first-order valence-corrected chi connectivity index (χ1v) is 5.57. The van der Waals surface area contributed by atoms with Crippen molar-refractivity contribution in [3.63, 3.8) is 0 Å². The number of likely N-dealkylation sites (N-methyl/N-ethyl adjacent to an activating group) is 1. The van der Waals surface area contributed by atoms with E-state index in [0.29, 0.717) is 12.0 Å². The summed E-state index contributed by atoms with van der Waals surface area (Å²) in [5.41, 5.74) is 10.4. The third kappa shape index (κ3) is 2.19. The fourth-order valence-corrected chi connectivity index (χ4v) is 1.98. The van der Waals surface area contributed by atoms with E-state index in [9.17, 15) is 9.59 Å². The van der Waals surface area contributed by atoms with Gasteiger partial charge in [-0.05, 0) is 29.3 Å². The molecule has 0 spiro atoms. The van der Waals surface area contributed by atoms with Crippen LogP contribution in [-0.2, 0) is 11.2 Å². The van der Waals surface area contributed by atoms with Crippen LogP contribution >= 0.6 is 0 Å². The summed E-state index contributed by atoms with van der Waals surface area (Å²) >= 11 is 0. The van der Waals surface area contributed by atoms with Gasteiger partial charge < -0.3 is 4.90 Å². The Balaban J connectivity index is 2.18. The van der Waals surface area contributed by atoms with Gasteiger partial charge in [0.1, 0.15) is 0 Å². The highest BCUT2D eigenvalue weighted by Crippen LogP contribution is 2.28. The summed E-state index contributed by atoms with van der Waals surface area (Å²) in [5.74, 6) is -0.0455. The molecule has 6 heteroatoms. The van der Waals surface area contributed by atoms with Gasteiger partial charge in [-0.15, -0.1) is 0 Å². The Morgan fingerprint density at radius 2 is 2.33 bits per heavy atom. The summed E-state index contributed by atoms with van der Waals surface area (Å²) in [6.45, 7) is 0.158. The average Bonchev–Trinajstić information content (AvgIpc) is 2.65. The van der Waals surface area contributed by atoms with Gasteiger partial charge in [-0.3, -0.25) is 9.59 Å². The van der Waals surface area contributed by atoms with Gasteiger partial charge in [0, 0.05) is 36.2 Å². The number of ketones is 1. The number of hydrogen-bond acceptors (Lipinski definition) is 3. The van der Waals surface area contributed by atoms with Gasteiger partial charge in [0.15, 0.2) is 5.78 Å². The van der Waals surface area contributed by atoms with Gasteiger partial charge in [-0.25, -0.2) is 0 Å². The molecule has 0 unspecified atom stereocenters. The average molecular weight is 244 g/mol. The Bertz CT molecular complexity index is 561. The molecule has 1 aromatic rings. The summed E-state index contributed by atoms with van der Waals surface area (Å²) in [6, 6.07) is 5.22. The van der Waals surface area contributed by atoms with Gasteiger partial charge in [-0.2, -0.15) is 0 Å². The number of azide groups is 1. The maximum Gasteiger partial charge on any atom is 0.231 e. The van der Waals surface area contributed by atoms with Crippen LogP contribution in [0.1, 0.15) is 22.3 Å². The molecule has 0 radical (unpaired) electrons. The highest BCUT2D eigenvalue weighted by atomic mass is 16.2. The third-order valence-corrected chi connectivity index (χ3v) is 2.98.